The van der Waals surface area contributed by atoms with Gasteiger partial charge in [0.05, 0.1) is 12.2 Å². The summed E-state index contributed by atoms with van der Waals surface area (Å²) < 4.78 is 16.5. The number of carboxylic acid groups (broad SMARTS) is 2. The number of nitrogens with one attached hydrogen (secondary N) is 1. The second-order valence-electron chi connectivity index (χ2n) is 7.53. The van der Waals surface area contributed by atoms with Gasteiger partial charge in [0, 0.05) is 6.54 Å². The van der Waals surface area contributed by atoms with Crippen molar-refractivity contribution in [2.24, 2.45) is 5.92 Å². The van der Waals surface area contributed by atoms with E-state index in [0.29, 0.717) is 12.8 Å². The quantitative estimate of drug-likeness (QED) is 0.257. The predicted octanol–water partition coefficient (Wildman–Crippen LogP) is -0.957. The third-order valence-corrected chi connectivity index (χ3v) is 5.32. The van der Waals surface area contributed by atoms with Gasteiger partial charge < -0.3 is 45.1 Å². The zero-order valence-corrected chi connectivity index (χ0v) is 16.5. The Morgan fingerprint density at radius 2 is 1.60 bits per heavy atom. The normalized spacial score (nSPS) is 34.4. The van der Waals surface area contributed by atoms with Gasteiger partial charge in [0.15, 0.2) is 12.2 Å². The van der Waals surface area contributed by atoms with Crippen LogP contribution in [0.1, 0.15) is 39.0 Å². The van der Waals surface area contributed by atoms with Crippen LogP contribution in [-0.4, -0.2) is 93.0 Å². The third kappa shape index (κ3) is 6.25. The van der Waals surface area contributed by atoms with Crippen LogP contribution in [0.25, 0.3) is 0 Å². The van der Waals surface area contributed by atoms with Crippen LogP contribution in [0.5, 0.6) is 0 Å². The van der Waals surface area contributed by atoms with E-state index in [9.17, 15) is 29.7 Å². The smallest absolute Gasteiger partial charge is 0.407 e. The Morgan fingerprint density at radius 3 is 2.20 bits per heavy atom. The van der Waals surface area contributed by atoms with Crippen molar-refractivity contribution in [3.8, 4) is 0 Å². The van der Waals surface area contributed by atoms with Crippen molar-refractivity contribution in [3.05, 3.63) is 0 Å². The molecule has 6 N–H and O–H groups in total. The van der Waals surface area contributed by atoms with Crippen molar-refractivity contribution in [1.82, 2.24) is 5.32 Å². The summed E-state index contributed by atoms with van der Waals surface area (Å²) in [5, 5.41) is 49.8. The van der Waals surface area contributed by atoms with Gasteiger partial charge >= 0.3 is 18.0 Å². The highest BCUT2D eigenvalue weighted by atomic mass is 16.7. The molecule has 0 radical (unpaired) electrons. The molecular weight excluding hydrogens is 406 g/mol. The number of alkyl carbamates (subject to hydrolysis) is 1. The van der Waals surface area contributed by atoms with E-state index >= 15 is 0 Å². The molecule has 2 fully saturated rings. The fourth-order valence-corrected chi connectivity index (χ4v) is 3.50. The molecule has 1 amide bonds. The second-order valence-corrected chi connectivity index (χ2v) is 7.53. The highest BCUT2D eigenvalue weighted by Gasteiger charge is 2.44. The van der Waals surface area contributed by atoms with Crippen LogP contribution in [0, 0.1) is 5.92 Å². The number of carboxylic acids is 2. The van der Waals surface area contributed by atoms with Gasteiger partial charge in [0.1, 0.15) is 24.4 Å². The maximum absolute atomic E-state index is 12.0. The maximum atomic E-state index is 12.0. The van der Waals surface area contributed by atoms with Crippen LogP contribution >= 0.6 is 0 Å². The molecule has 0 aromatic heterocycles. The minimum absolute atomic E-state index is 0.202. The van der Waals surface area contributed by atoms with Crippen LogP contribution in [0.2, 0.25) is 0 Å². The molecule has 1 saturated carbocycles. The topological polar surface area (TPSA) is 192 Å². The lowest BCUT2D eigenvalue weighted by atomic mass is 9.94. The Morgan fingerprint density at radius 1 is 1.00 bits per heavy atom. The van der Waals surface area contributed by atoms with Gasteiger partial charge in [-0.1, -0.05) is 6.42 Å². The van der Waals surface area contributed by atoms with Crippen molar-refractivity contribution < 1.29 is 54.1 Å². The van der Waals surface area contributed by atoms with Crippen LogP contribution in [0.3, 0.4) is 0 Å². The van der Waals surface area contributed by atoms with Crippen molar-refractivity contribution in [2.75, 3.05) is 6.54 Å². The summed E-state index contributed by atoms with van der Waals surface area (Å²) in [5.41, 5.74) is 0. The number of aliphatic carboxylic acids is 2. The van der Waals surface area contributed by atoms with Crippen molar-refractivity contribution in [3.63, 3.8) is 0 Å². The van der Waals surface area contributed by atoms with Crippen molar-refractivity contribution in [1.29, 1.82) is 0 Å². The number of amides is 1. The number of hydrogen-bond donors (Lipinski definition) is 6. The molecule has 1 aliphatic carbocycles. The van der Waals surface area contributed by atoms with E-state index in [-0.39, 0.29) is 13.0 Å². The van der Waals surface area contributed by atoms with E-state index in [2.05, 4.69) is 5.32 Å². The summed E-state index contributed by atoms with van der Waals surface area (Å²) in [6.07, 6.45) is -6.05. The first-order valence-electron chi connectivity index (χ1n) is 9.87. The average molecular weight is 435 g/mol. The molecule has 7 atom stereocenters. The molecular formula is C18H29NO11. The van der Waals surface area contributed by atoms with Crippen LogP contribution in [-0.2, 0) is 23.8 Å². The van der Waals surface area contributed by atoms with Gasteiger partial charge in [-0.25, -0.2) is 4.79 Å². The molecule has 0 aromatic rings. The fraction of sp³-hybridized carbons (Fsp3) is 0.833. The van der Waals surface area contributed by atoms with Crippen LogP contribution in [0.4, 0.5) is 4.79 Å². The summed E-state index contributed by atoms with van der Waals surface area (Å²) in [7, 11) is 0. The monoisotopic (exact) mass is 435 g/mol. The zero-order valence-electron chi connectivity index (χ0n) is 16.5. The molecule has 172 valence electrons. The number of aliphatic hydroxyl groups excluding tert-OH is 3. The van der Waals surface area contributed by atoms with Gasteiger partial charge in [-0.15, -0.1) is 0 Å². The van der Waals surface area contributed by atoms with Crippen molar-refractivity contribution >= 4 is 18.0 Å². The molecule has 12 heteroatoms. The lowest BCUT2D eigenvalue weighted by molar-refractivity contribution is -0.311. The fourth-order valence-electron chi connectivity index (χ4n) is 3.50. The Hall–Kier alpha value is -1.99. The van der Waals surface area contributed by atoms with Gasteiger partial charge in [-0.3, -0.25) is 9.59 Å². The SMILES string of the molecule is CC1OC(OC2CCCCC2OC(=O)NCCC(C(=O)O)C(=O)O)C(O)C(O)C1O. The van der Waals surface area contributed by atoms with E-state index in [1.807, 2.05) is 0 Å². The van der Waals surface area contributed by atoms with Gasteiger partial charge in [-0.2, -0.15) is 0 Å². The van der Waals surface area contributed by atoms with E-state index in [4.69, 9.17) is 24.4 Å². The van der Waals surface area contributed by atoms with E-state index in [1.165, 1.54) is 6.92 Å². The van der Waals surface area contributed by atoms with Gasteiger partial charge in [0.25, 0.3) is 0 Å². The number of aliphatic hydroxyl groups is 3. The summed E-state index contributed by atoms with van der Waals surface area (Å²) in [6.45, 7) is 1.33. The first-order valence-corrected chi connectivity index (χ1v) is 9.87. The number of carbonyl (C=O) groups is 3. The molecule has 2 rings (SSSR count). The highest BCUT2D eigenvalue weighted by molar-refractivity contribution is 5.92. The Bertz CT molecular complexity index is 601. The number of rotatable bonds is 8. The molecule has 1 aliphatic heterocycles. The lowest BCUT2D eigenvalue weighted by Gasteiger charge is -2.42. The highest BCUT2D eigenvalue weighted by Crippen LogP contribution is 2.29. The summed E-state index contributed by atoms with van der Waals surface area (Å²) in [6, 6.07) is 0. The minimum atomic E-state index is -1.63. The number of carbonyl (C=O) groups excluding carboxylic acids is 1. The number of ether oxygens (including phenoxy) is 3. The summed E-state index contributed by atoms with van der Waals surface area (Å²) in [4.78, 5) is 33.7. The maximum Gasteiger partial charge on any atom is 0.407 e. The molecule has 0 aromatic carbocycles. The number of hydrogen-bond acceptors (Lipinski definition) is 9. The lowest BCUT2D eigenvalue weighted by Crippen LogP contribution is -2.58. The standard InChI is InChI=1S/C18H29NO11/c1-8-12(20)13(21)14(22)17(28-8)29-10-4-2-3-5-11(10)30-18(27)19-7-6-9(15(23)24)16(25)26/h8-14,17,20-22H,2-7H2,1H3,(H,19,27)(H,23,24)(H,25,26). The first kappa shape index (κ1) is 24.3. The van der Waals surface area contributed by atoms with E-state index in [1.54, 1.807) is 0 Å². The predicted molar refractivity (Wildman–Crippen MR) is 97.3 cm³/mol. The Balaban J connectivity index is 1.87. The van der Waals surface area contributed by atoms with Crippen molar-refractivity contribution in [2.45, 2.75) is 81.9 Å². The van der Waals surface area contributed by atoms with Gasteiger partial charge in [-0.05, 0) is 32.6 Å². The van der Waals surface area contributed by atoms with E-state index < -0.39 is 66.9 Å². The first-order chi connectivity index (χ1) is 14.1. The summed E-state index contributed by atoms with van der Waals surface area (Å²) >= 11 is 0. The molecule has 0 bridgehead atoms. The van der Waals surface area contributed by atoms with Gasteiger partial charge in [0.2, 0.25) is 0 Å². The molecule has 30 heavy (non-hydrogen) atoms. The van der Waals surface area contributed by atoms with Crippen LogP contribution < -0.4 is 5.32 Å². The molecule has 1 heterocycles. The largest absolute Gasteiger partial charge is 0.481 e. The molecule has 2 aliphatic rings. The molecule has 7 unspecified atom stereocenters. The third-order valence-electron chi connectivity index (χ3n) is 5.32. The Labute approximate surface area is 172 Å². The molecule has 0 spiro atoms. The van der Waals surface area contributed by atoms with Crippen LogP contribution in [0.15, 0.2) is 0 Å². The second kappa shape index (κ2) is 10.9. The average Bonchev–Trinajstić information content (AvgIpc) is 2.68. The molecule has 1 saturated heterocycles. The minimum Gasteiger partial charge on any atom is -0.481 e. The summed E-state index contributed by atoms with van der Waals surface area (Å²) in [5.74, 6) is -4.62. The van der Waals surface area contributed by atoms with E-state index in [0.717, 1.165) is 12.8 Å². The zero-order chi connectivity index (χ0) is 22.4. The molecule has 12 nitrogen and oxygen atoms in total. The Kier molecular flexibility index (Phi) is 8.79.